The lowest BCUT2D eigenvalue weighted by atomic mass is 9.91. The highest BCUT2D eigenvalue weighted by Crippen LogP contribution is 2.23. The lowest BCUT2D eigenvalue weighted by Crippen LogP contribution is -2.42. The van der Waals surface area contributed by atoms with Gasteiger partial charge in [-0.2, -0.15) is 0 Å². The molecule has 0 saturated carbocycles. The third-order valence-electron chi connectivity index (χ3n) is 4.01. The minimum absolute atomic E-state index is 0.0278. The number of carbonyl (C=O) groups is 1. The van der Waals surface area contributed by atoms with Crippen LogP contribution in [0.15, 0.2) is 24.3 Å². The molecular weight excluding hydrogens is 312 g/mol. The van der Waals surface area contributed by atoms with Gasteiger partial charge in [-0.15, -0.1) is 0 Å². The van der Waals surface area contributed by atoms with E-state index in [1.807, 2.05) is 11.8 Å². The highest BCUT2D eigenvalue weighted by molar-refractivity contribution is 7.92. The van der Waals surface area contributed by atoms with Gasteiger partial charge in [0, 0.05) is 24.3 Å². The molecule has 1 heterocycles. The van der Waals surface area contributed by atoms with E-state index in [0.717, 1.165) is 19.5 Å². The van der Waals surface area contributed by atoms with Crippen molar-refractivity contribution in [1.29, 1.82) is 0 Å². The molecule has 1 aromatic rings. The first kappa shape index (κ1) is 17.8. The molecule has 1 aliphatic rings. The Kier molecular flexibility index (Phi) is 5.68. The maximum absolute atomic E-state index is 12.7. The number of hydrogen-bond donors (Lipinski definition) is 1. The van der Waals surface area contributed by atoms with Crippen LogP contribution in [0.3, 0.4) is 0 Å². The minimum atomic E-state index is -3.34. The lowest BCUT2D eigenvalue weighted by Gasteiger charge is -2.35. The van der Waals surface area contributed by atoms with Crippen molar-refractivity contribution >= 4 is 21.6 Å². The van der Waals surface area contributed by atoms with E-state index in [4.69, 9.17) is 0 Å². The number of sulfonamides is 1. The topological polar surface area (TPSA) is 66.5 Å². The third kappa shape index (κ3) is 4.96. The Morgan fingerprint density at radius 2 is 1.91 bits per heavy atom. The standard InChI is InChI=1S/C17H26N2O3S/c1-4-8-23(21,22)18-16-7-5-6-15(10-16)17(20)19-11-13(2)9-14(3)12-19/h5-7,10,13-14,18H,4,8-9,11-12H2,1-3H3. The van der Waals surface area contributed by atoms with Crippen molar-refractivity contribution in [3.63, 3.8) is 0 Å². The molecule has 1 aromatic carbocycles. The molecule has 2 unspecified atom stereocenters. The van der Waals surface area contributed by atoms with Gasteiger partial charge in [0.25, 0.3) is 5.91 Å². The molecule has 0 aromatic heterocycles. The Labute approximate surface area is 139 Å². The van der Waals surface area contributed by atoms with Gasteiger partial charge >= 0.3 is 0 Å². The predicted molar refractivity (Wildman–Crippen MR) is 93.0 cm³/mol. The zero-order valence-corrected chi connectivity index (χ0v) is 14.9. The summed E-state index contributed by atoms with van der Waals surface area (Å²) in [5.41, 5.74) is 0.977. The van der Waals surface area contributed by atoms with Crippen LogP contribution in [0.1, 0.15) is 44.0 Å². The van der Waals surface area contributed by atoms with E-state index in [1.165, 1.54) is 0 Å². The van der Waals surface area contributed by atoms with Crippen molar-refractivity contribution in [2.75, 3.05) is 23.6 Å². The summed E-state index contributed by atoms with van der Waals surface area (Å²) in [6, 6.07) is 6.75. The second-order valence-corrected chi connectivity index (χ2v) is 8.50. The predicted octanol–water partition coefficient (Wildman–Crippen LogP) is 2.96. The number of carbonyl (C=O) groups excluding carboxylic acids is 1. The molecule has 2 rings (SSSR count). The van der Waals surface area contributed by atoms with E-state index in [1.54, 1.807) is 24.3 Å². The number of rotatable bonds is 5. The van der Waals surface area contributed by atoms with Crippen LogP contribution < -0.4 is 4.72 Å². The van der Waals surface area contributed by atoms with Crippen LogP contribution in [0.2, 0.25) is 0 Å². The highest BCUT2D eigenvalue weighted by Gasteiger charge is 2.26. The molecule has 0 aliphatic carbocycles. The molecule has 1 N–H and O–H groups in total. The third-order valence-corrected chi connectivity index (χ3v) is 5.50. The van der Waals surface area contributed by atoms with Gasteiger partial charge in [0.15, 0.2) is 0 Å². The zero-order valence-electron chi connectivity index (χ0n) is 14.1. The molecule has 23 heavy (non-hydrogen) atoms. The molecule has 6 heteroatoms. The van der Waals surface area contributed by atoms with Crippen LogP contribution in [-0.2, 0) is 10.0 Å². The molecule has 1 fully saturated rings. The molecule has 1 saturated heterocycles. The van der Waals surface area contributed by atoms with E-state index < -0.39 is 10.0 Å². The van der Waals surface area contributed by atoms with Crippen LogP contribution >= 0.6 is 0 Å². The summed E-state index contributed by atoms with van der Waals surface area (Å²) in [5.74, 6) is 1.04. The van der Waals surface area contributed by atoms with Crippen LogP contribution in [0, 0.1) is 11.8 Å². The fourth-order valence-corrected chi connectivity index (χ4v) is 4.35. The quantitative estimate of drug-likeness (QED) is 0.897. The largest absolute Gasteiger partial charge is 0.338 e. The van der Waals surface area contributed by atoms with Gasteiger partial charge in [-0.3, -0.25) is 9.52 Å². The first-order valence-electron chi connectivity index (χ1n) is 8.20. The summed E-state index contributed by atoms with van der Waals surface area (Å²) in [6.07, 6.45) is 1.69. The lowest BCUT2D eigenvalue weighted by molar-refractivity contribution is 0.0623. The maximum Gasteiger partial charge on any atom is 0.253 e. The average molecular weight is 338 g/mol. The first-order valence-corrected chi connectivity index (χ1v) is 9.85. The Balaban J connectivity index is 2.14. The van der Waals surface area contributed by atoms with Gasteiger partial charge in [-0.1, -0.05) is 26.8 Å². The summed E-state index contributed by atoms with van der Waals surface area (Å²) in [7, 11) is -3.34. The molecule has 1 amide bonds. The number of amides is 1. The average Bonchev–Trinajstić information content (AvgIpc) is 2.45. The van der Waals surface area contributed by atoms with Gasteiger partial charge in [-0.25, -0.2) is 8.42 Å². The van der Waals surface area contributed by atoms with Crippen LogP contribution in [0.5, 0.6) is 0 Å². The van der Waals surface area contributed by atoms with Crippen LogP contribution in [0.25, 0.3) is 0 Å². The summed E-state index contributed by atoms with van der Waals surface area (Å²) in [6.45, 7) is 7.65. The van der Waals surface area contributed by atoms with Crippen LogP contribution in [0.4, 0.5) is 5.69 Å². The highest BCUT2D eigenvalue weighted by atomic mass is 32.2. The number of hydrogen-bond acceptors (Lipinski definition) is 3. The summed E-state index contributed by atoms with van der Waals surface area (Å²) >= 11 is 0. The number of likely N-dealkylation sites (tertiary alicyclic amines) is 1. The van der Waals surface area contributed by atoms with Gasteiger partial charge < -0.3 is 4.90 Å². The molecule has 0 radical (unpaired) electrons. The Morgan fingerprint density at radius 1 is 1.26 bits per heavy atom. The molecular formula is C17H26N2O3S. The molecule has 128 valence electrons. The van der Waals surface area contributed by atoms with E-state index in [-0.39, 0.29) is 11.7 Å². The normalized spacial score (nSPS) is 22.0. The minimum Gasteiger partial charge on any atom is -0.338 e. The van der Waals surface area contributed by atoms with Crippen molar-refractivity contribution in [2.24, 2.45) is 11.8 Å². The fraction of sp³-hybridized carbons (Fsp3) is 0.588. The second kappa shape index (κ2) is 7.34. The van der Waals surface area contributed by atoms with Gasteiger partial charge in [-0.05, 0) is 42.9 Å². The Bertz CT molecular complexity index is 648. The molecule has 0 bridgehead atoms. The number of nitrogens with one attached hydrogen (secondary N) is 1. The monoisotopic (exact) mass is 338 g/mol. The SMILES string of the molecule is CCCS(=O)(=O)Nc1cccc(C(=O)N2CC(C)CC(C)C2)c1. The Morgan fingerprint density at radius 3 is 2.52 bits per heavy atom. The maximum atomic E-state index is 12.7. The van der Waals surface area contributed by atoms with Crippen molar-refractivity contribution in [3.8, 4) is 0 Å². The molecule has 1 aliphatic heterocycles. The molecule has 5 nitrogen and oxygen atoms in total. The Hall–Kier alpha value is -1.56. The van der Waals surface area contributed by atoms with E-state index in [0.29, 0.717) is 29.5 Å². The summed E-state index contributed by atoms with van der Waals surface area (Å²) < 4.78 is 26.3. The van der Waals surface area contributed by atoms with Crippen LogP contribution in [-0.4, -0.2) is 38.1 Å². The number of benzene rings is 1. The van der Waals surface area contributed by atoms with E-state index in [2.05, 4.69) is 18.6 Å². The summed E-state index contributed by atoms with van der Waals surface area (Å²) in [4.78, 5) is 14.6. The summed E-state index contributed by atoms with van der Waals surface area (Å²) in [5, 5.41) is 0. The van der Waals surface area contributed by atoms with Gasteiger partial charge in [0.05, 0.1) is 5.75 Å². The van der Waals surface area contributed by atoms with Gasteiger partial charge in [0.1, 0.15) is 0 Å². The smallest absolute Gasteiger partial charge is 0.253 e. The number of piperidine rings is 1. The van der Waals surface area contributed by atoms with Gasteiger partial charge in [0.2, 0.25) is 10.0 Å². The molecule has 0 spiro atoms. The van der Waals surface area contributed by atoms with E-state index >= 15 is 0 Å². The second-order valence-electron chi connectivity index (χ2n) is 6.66. The van der Waals surface area contributed by atoms with Crippen molar-refractivity contribution < 1.29 is 13.2 Å². The van der Waals surface area contributed by atoms with Crippen molar-refractivity contribution in [2.45, 2.75) is 33.6 Å². The molecule has 2 atom stereocenters. The zero-order chi connectivity index (χ0) is 17.0. The first-order chi connectivity index (χ1) is 10.8. The van der Waals surface area contributed by atoms with Crippen molar-refractivity contribution in [3.05, 3.63) is 29.8 Å². The van der Waals surface area contributed by atoms with Crippen molar-refractivity contribution in [1.82, 2.24) is 4.90 Å². The number of nitrogens with zero attached hydrogens (tertiary/aromatic N) is 1. The van der Waals surface area contributed by atoms with E-state index in [9.17, 15) is 13.2 Å². The number of anilines is 1. The fourth-order valence-electron chi connectivity index (χ4n) is 3.23.